The van der Waals surface area contributed by atoms with E-state index in [0.717, 1.165) is 30.5 Å². The summed E-state index contributed by atoms with van der Waals surface area (Å²) in [4.78, 5) is 14.4. The van der Waals surface area contributed by atoms with Crippen molar-refractivity contribution in [3.63, 3.8) is 0 Å². The number of likely N-dealkylation sites (tertiary alicyclic amines) is 1. The van der Waals surface area contributed by atoms with Crippen molar-refractivity contribution in [1.82, 2.24) is 4.90 Å². The van der Waals surface area contributed by atoms with Crippen molar-refractivity contribution in [3.05, 3.63) is 35.4 Å². The highest BCUT2D eigenvalue weighted by atomic mass is 35.5. The average Bonchev–Trinajstić information content (AvgIpc) is 2.38. The average molecular weight is 269 g/mol. The predicted molar refractivity (Wildman–Crippen MR) is 76.2 cm³/mol. The minimum Gasteiger partial charge on any atom is -0.334 e. The first-order valence-corrected chi connectivity index (χ1v) is 6.30. The van der Waals surface area contributed by atoms with Gasteiger partial charge in [0, 0.05) is 24.7 Å². The van der Waals surface area contributed by atoms with E-state index in [4.69, 9.17) is 5.73 Å². The molecule has 1 aromatic carbocycles. The van der Waals surface area contributed by atoms with E-state index in [1.54, 1.807) is 0 Å². The van der Waals surface area contributed by atoms with Gasteiger partial charge in [0.1, 0.15) is 0 Å². The Balaban J connectivity index is 0.00000162. The first kappa shape index (κ1) is 15.0. The van der Waals surface area contributed by atoms with Gasteiger partial charge in [0.15, 0.2) is 0 Å². The molecule has 2 N–H and O–H groups in total. The second-order valence-electron chi connectivity index (χ2n) is 4.70. The molecule has 0 bridgehead atoms. The summed E-state index contributed by atoms with van der Waals surface area (Å²) in [5.74, 6) is 0.137. The highest BCUT2D eigenvalue weighted by molar-refractivity contribution is 5.95. The van der Waals surface area contributed by atoms with Crippen molar-refractivity contribution in [2.45, 2.75) is 32.2 Å². The van der Waals surface area contributed by atoms with Crippen molar-refractivity contribution in [2.75, 3.05) is 13.1 Å². The molecule has 1 atom stereocenters. The van der Waals surface area contributed by atoms with Gasteiger partial charge >= 0.3 is 0 Å². The summed E-state index contributed by atoms with van der Waals surface area (Å²) >= 11 is 0. The van der Waals surface area contributed by atoms with Gasteiger partial charge in [-0.15, -0.1) is 12.4 Å². The van der Waals surface area contributed by atoms with Crippen molar-refractivity contribution in [1.29, 1.82) is 0 Å². The third kappa shape index (κ3) is 3.03. The maximum Gasteiger partial charge on any atom is 0.254 e. The van der Waals surface area contributed by atoms with Crippen LogP contribution in [0.1, 0.15) is 35.2 Å². The number of nitrogens with two attached hydrogens (primary N) is 1. The fraction of sp³-hybridized carbons (Fsp3) is 0.500. The highest BCUT2D eigenvalue weighted by Crippen LogP contribution is 2.20. The maximum absolute atomic E-state index is 12.5. The van der Waals surface area contributed by atoms with Crippen LogP contribution in [0.4, 0.5) is 0 Å². The molecule has 0 aliphatic carbocycles. The molecule has 1 aromatic rings. The van der Waals surface area contributed by atoms with Gasteiger partial charge in [0.05, 0.1) is 0 Å². The molecule has 0 spiro atoms. The normalized spacial score (nSPS) is 19.2. The summed E-state index contributed by atoms with van der Waals surface area (Å²) in [6.45, 7) is 3.39. The monoisotopic (exact) mass is 268 g/mol. The number of carbonyl (C=O) groups is 1. The second kappa shape index (κ2) is 6.76. The van der Waals surface area contributed by atoms with Crippen LogP contribution in [0, 0.1) is 6.92 Å². The molecule has 0 radical (unpaired) electrons. The number of carbonyl (C=O) groups excluding carboxylic acids is 1. The van der Waals surface area contributed by atoms with Gasteiger partial charge in [-0.3, -0.25) is 4.79 Å². The van der Waals surface area contributed by atoms with E-state index in [1.807, 2.05) is 36.1 Å². The molecule has 1 unspecified atom stereocenters. The Morgan fingerprint density at radius 2 is 2.11 bits per heavy atom. The first-order chi connectivity index (χ1) is 8.24. The molecule has 1 amide bonds. The smallest absolute Gasteiger partial charge is 0.254 e. The van der Waals surface area contributed by atoms with Crippen LogP contribution >= 0.6 is 12.4 Å². The van der Waals surface area contributed by atoms with Gasteiger partial charge in [-0.1, -0.05) is 18.2 Å². The first-order valence-electron chi connectivity index (χ1n) is 6.30. The van der Waals surface area contributed by atoms with Crippen molar-refractivity contribution in [2.24, 2.45) is 5.73 Å². The quantitative estimate of drug-likeness (QED) is 0.895. The Morgan fingerprint density at radius 3 is 2.78 bits per heavy atom. The number of rotatable bonds is 2. The fourth-order valence-electron chi connectivity index (χ4n) is 2.48. The molecular weight excluding hydrogens is 248 g/mol. The summed E-state index contributed by atoms with van der Waals surface area (Å²) < 4.78 is 0. The summed E-state index contributed by atoms with van der Waals surface area (Å²) in [6.07, 6.45) is 3.31. The zero-order valence-corrected chi connectivity index (χ0v) is 11.6. The molecule has 1 aliphatic rings. The van der Waals surface area contributed by atoms with Crippen molar-refractivity contribution >= 4 is 18.3 Å². The van der Waals surface area contributed by atoms with E-state index in [2.05, 4.69) is 0 Å². The zero-order valence-electron chi connectivity index (χ0n) is 10.8. The van der Waals surface area contributed by atoms with Crippen LogP contribution in [0.3, 0.4) is 0 Å². The summed E-state index contributed by atoms with van der Waals surface area (Å²) in [6, 6.07) is 7.98. The van der Waals surface area contributed by atoms with E-state index >= 15 is 0 Å². The van der Waals surface area contributed by atoms with E-state index in [-0.39, 0.29) is 24.4 Å². The van der Waals surface area contributed by atoms with Crippen LogP contribution < -0.4 is 5.73 Å². The summed E-state index contributed by atoms with van der Waals surface area (Å²) in [7, 11) is 0. The molecular formula is C14H21ClN2O. The fourth-order valence-corrected chi connectivity index (χ4v) is 2.48. The Morgan fingerprint density at radius 1 is 1.39 bits per heavy atom. The number of halogens is 1. The molecule has 0 saturated carbocycles. The molecule has 0 aromatic heterocycles. The van der Waals surface area contributed by atoms with E-state index in [1.165, 1.54) is 6.42 Å². The Kier molecular flexibility index (Phi) is 5.63. The number of nitrogens with zero attached hydrogens (tertiary/aromatic N) is 1. The Bertz CT molecular complexity index is 409. The number of hydrogen-bond donors (Lipinski definition) is 1. The zero-order chi connectivity index (χ0) is 12.3. The number of amides is 1. The third-order valence-electron chi connectivity index (χ3n) is 3.54. The summed E-state index contributed by atoms with van der Waals surface area (Å²) in [5, 5.41) is 0. The van der Waals surface area contributed by atoms with Crippen molar-refractivity contribution in [3.8, 4) is 0 Å². The van der Waals surface area contributed by atoms with E-state index < -0.39 is 0 Å². The third-order valence-corrected chi connectivity index (χ3v) is 3.54. The standard InChI is InChI=1S/C14H20N2O.ClH/c1-11-6-2-3-8-13(11)14(17)16-9-5-4-7-12(16)10-15;/h2-3,6,8,12H,4-5,7,9-10,15H2,1H3;1H. The van der Waals surface area contributed by atoms with Gasteiger partial charge in [-0.2, -0.15) is 0 Å². The number of benzene rings is 1. The molecule has 1 saturated heterocycles. The minimum absolute atomic E-state index is 0. The number of aryl methyl sites for hydroxylation is 1. The number of piperidine rings is 1. The van der Waals surface area contributed by atoms with Gasteiger partial charge in [0.25, 0.3) is 5.91 Å². The molecule has 1 aliphatic heterocycles. The lowest BCUT2D eigenvalue weighted by Crippen LogP contribution is -2.47. The van der Waals surface area contributed by atoms with Gasteiger partial charge in [-0.25, -0.2) is 0 Å². The number of hydrogen-bond acceptors (Lipinski definition) is 2. The lowest BCUT2D eigenvalue weighted by molar-refractivity contribution is 0.0622. The van der Waals surface area contributed by atoms with E-state index in [0.29, 0.717) is 6.54 Å². The van der Waals surface area contributed by atoms with Crippen LogP contribution in [-0.2, 0) is 0 Å². The van der Waals surface area contributed by atoms with Crippen LogP contribution in [0.25, 0.3) is 0 Å². The van der Waals surface area contributed by atoms with Gasteiger partial charge in [-0.05, 0) is 37.8 Å². The van der Waals surface area contributed by atoms with Gasteiger partial charge in [0.2, 0.25) is 0 Å². The highest BCUT2D eigenvalue weighted by Gasteiger charge is 2.26. The maximum atomic E-state index is 12.5. The molecule has 4 heteroatoms. The van der Waals surface area contributed by atoms with Crippen LogP contribution in [0.5, 0.6) is 0 Å². The Labute approximate surface area is 115 Å². The molecule has 100 valence electrons. The molecule has 2 rings (SSSR count). The predicted octanol–water partition coefficient (Wildman–Crippen LogP) is 2.37. The van der Waals surface area contributed by atoms with Gasteiger partial charge < -0.3 is 10.6 Å². The largest absolute Gasteiger partial charge is 0.334 e. The molecule has 3 nitrogen and oxygen atoms in total. The SMILES string of the molecule is Cc1ccccc1C(=O)N1CCCCC1CN.Cl. The molecule has 18 heavy (non-hydrogen) atoms. The van der Waals surface area contributed by atoms with Crippen LogP contribution in [0.15, 0.2) is 24.3 Å². The lowest BCUT2D eigenvalue weighted by Gasteiger charge is -2.35. The summed E-state index contributed by atoms with van der Waals surface area (Å²) in [5.41, 5.74) is 7.61. The second-order valence-corrected chi connectivity index (χ2v) is 4.70. The lowest BCUT2D eigenvalue weighted by atomic mass is 9.99. The van der Waals surface area contributed by atoms with Crippen molar-refractivity contribution < 1.29 is 4.79 Å². The Hall–Kier alpha value is -1.06. The van der Waals surface area contributed by atoms with Crippen LogP contribution in [0.2, 0.25) is 0 Å². The van der Waals surface area contributed by atoms with E-state index in [9.17, 15) is 4.79 Å². The topological polar surface area (TPSA) is 46.3 Å². The molecule has 1 heterocycles. The molecule has 1 fully saturated rings. The minimum atomic E-state index is 0. The van der Waals surface area contributed by atoms with Crippen LogP contribution in [-0.4, -0.2) is 29.9 Å².